The molecule has 0 aliphatic rings. The summed E-state index contributed by atoms with van der Waals surface area (Å²) in [6.45, 7) is -0.288. The van der Waals surface area contributed by atoms with Crippen molar-refractivity contribution in [3.05, 3.63) is 66.2 Å². The molecule has 0 fully saturated rings. The largest absolute Gasteiger partial charge is 0.482 e. The van der Waals surface area contributed by atoms with Crippen molar-refractivity contribution in [3.63, 3.8) is 0 Å². The molecular weight excluding hydrogens is 288 g/mol. The van der Waals surface area contributed by atoms with Gasteiger partial charge < -0.3 is 14.9 Å². The van der Waals surface area contributed by atoms with Crippen LogP contribution in [0.4, 0.5) is 0 Å². The first-order chi connectivity index (χ1) is 10.5. The topological polar surface area (TPSA) is 101 Å². The second-order valence-corrected chi connectivity index (χ2v) is 4.00. The first-order valence-corrected chi connectivity index (χ1v) is 6.23. The third kappa shape index (κ3) is 6.33. The molecular formula is C16H14O6. The van der Waals surface area contributed by atoms with Gasteiger partial charge >= 0.3 is 11.9 Å². The first kappa shape index (κ1) is 16.9. The van der Waals surface area contributed by atoms with E-state index in [1.165, 1.54) is 12.1 Å². The summed E-state index contributed by atoms with van der Waals surface area (Å²) in [6, 6.07) is 16.7. The molecule has 0 atom stereocenters. The van der Waals surface area contributed by atoms with Gasteiger partial charge in [-0.15, -0.1) is 0 Å². The molecule has 0 aliphatic carbocycles. The van der Waals surface area contributed by atoms with E-state index in [4.69, 9.17) is 14.9 Å². The number of carbonyl (C=O) groups excluding carboxylic acids is 1. The van der Waals surface area contributed by atoms with Crippen LogP contribution in [0.5, 0.6) is 5.75 Å². The maximum atomic E-state index is 10.7. The molecule has 6 heteroatoms. The van der Waals surface area contributed by atoms with Crippen LogP contribution in [-0.2, 0) is 9.59 Å². The number of Topliss-reactive ketones (excluding diaryl/α,β-unsaturated/α-hetero) is 1. The first-order valence-electron chi connectivity index (χ1n) is 6.23. The number of carbonyl (C=O) groups is 3. The zero-order valence-electron chi connectivity index (χ0n) is 11.5. The molecule has 2 aromatic carbocycles. The summed E-state index contributed by atoms with van der Waals surface area (Å²) in [6.07, 6.45) is 0. The lowest BCUT2D eigenvalue weighted by Crippen LogP contribution is -2.12. The van der Waals surface area contributed by atoms with E-state index in [1.54, 1.807) is 42.5 Å². The summed E-state index contributed by atoms with van der Waals surface area (Å²) < 4.78 is 4.87. The van der Waals surface area contributed by atoms with Crippen LogP contribution in [0.2, 0.25) is 0 Å². The van der Waals surface area contributed by atoms with E-state index >= 15 is 0 Å². The van der Waals surface area contributed by atoms with Gasteiger partial charge in [0.2, 0.25) is 0 Å². The van der Waals surface area contributed by atoms with Crippen molar-refractivity contribution in [2.24, 2.45) is 0 Å². The maximum absolute atomic E-state index is 10.7. The summed E-state index contributed by atoms with van der Waals surface area (Å²) in [5.74, 6) is -2.68. The maximum Gasteiger partial charge on any atom is 0.377 e. The normalized spacial score (nSPS) is 9.09. The monoisotopic (exact) mass is 302 g/mol. The number of ether oxygens (including phenoxy) is 1. The average molecular weight is 302 g/mol. The standard InChI is InChI=1S/C8H8O3.C8H6O3/c9-8(10)6-11-7-4-2-1-3-5-7;9-7(8(10)11)6-4-2-1-3-5-6/h1-5H,6H2,(H,9,10);1-5H,(H,10,11). The van der Waals surface area contributed by atoms with Crippen LogP contribution >= 0.6 is 0 Å². The quantitative estimate of drug-likeness (QED) is 0.648. The SMILES string of the molecule is O=C(O)C(=O)c1ccccc1.O=C(O)COc1ccccc1. The molecule has 0 saturated heterocycles. The molecule has 0 aromatic heterocycles. The number of carboxylic acid groups (broad SMARTS) is 2. The number of para-hydroxylation sites is 1. The van der Waals surface area contributed by atoms with E-state index in [2.05, 4.69) is 0 Å². The summed E-state index contributed by atoms with van der Waals surface area (Å²) in [5.41, 5.74) is 0.208. The predicted molar refractivity (Wildman–Crippen MR) is 78.0 cm³/mol. The lowest BCUT2D eigenvalue weighted by molar-refractivity contribution is -0.139. The Morgan fingerprint density at radius 1 is 0.818 bits per heavy atom. The summed E-state index contributed by atoms with van der Waals surface area (Å²) in [7, 11) is 0. The van der Waals surface area contributed by atoms with Gasteiger partial charge in [0.1, 0.15) is 5.75 Å². The van der Waals surface area contributed by atoms with Crippen LogP contribution in [0.1, 0.15) is 10.4 Å². The van der Waals surface area contributed by atoms with Gasteiger partial charge in [-0.05, 0) is 12.1 Å². The highest BCUT2D eigenvalue weighted by Crippen LogP contribution is 2.07. The van der Waals surface area contributed by atoms with Gasteiger partial charge in [-0.3, -0.25) is 4.79 Å². The number of hydrogen-bond donors (Lipinski definition) is 2. The van der Waals surface area contributed by atoms with Crippen LogP contribution in [0, 0.1) is 0 Å². The Balaban J connectivity index is 0.000000220. The number of benzene rings is 2. The molecule has 0 saturated carbocycles. The summed E-state index contributed by atoms with van der Waals surface area (Å²) >= 11 is 0. The van der Waals surface area contributed by atoms with Crippen LogP contribution in [-0.4, -0.2) is 34.5 Å². The third-order valence-corrected chi connectivity index (χ3v) is 2.34. The number of hydrogen-bond acceptors (Lipinski definition) is 4. The molecule has 0 unspecified atom stereocenters. The fourth-order valence-electron chi connectivity index (χ4n) is 1.37. The number of carboxylic acids is 2. The molecule has 2 N–H and O–H groups in total. The third-order valence-electron chi connectivity index (χ3n) is 2.34. The van der Waals surface area contributed by atoms with Gasteiger partial charge in [-0.25, -0.2) is 9.59 Å². The molecule has 0 amide bonds. The summed E-state index contributed by atoms with van der Waals surface area (Å²) in [5, 5.41) is 16.5. The second kappa shape index (κ2) is 8.91. The Hall–Kier alpha value is -3.15. The summed E-state index contributed by atoms with van der Waals surface area (Å²) in [4.78, 5) is 30.9. The number of aliphatic carboxylic acids is 2. The Morgan fingerprint density at radius 3 is 1.77 bits per heavy atom. The number of ketones is 1. The Bertz CT molecular complexity index is 622. The molecule has 0 spiro atoms. The van der Waals surface area contributed by atoms with Crippen LogP contribution in [0.3, 0.4) is 0 Å². The van der Waals surface area contributed by atoms with Gasteiger partial charge in [-0.2, -0.15) is 0 Å². The van der Waals surface area contributed by atoms with E-state index in [0.29, 0.717) is 5.75 Å². The lowest BCUT2D eigenvalue weighted by Gasteiger charge is -2.00. The fourth-order valence-corrected chi connectivity index (χ4v) is 1.37. The smallest absolute Gasteiger partial charge is 0.377 e. The zero-order chi connectivity index (χ0) is 16.4. The molecule has 114 valence electrons. The van der Waals surface area contributed by atoms with Crippen molar-refractivity contribution < 1.29 is 29.3 Å². The van der Waals surface area contributed by atoms with Crippen molar-refractivity contribution >= 4 is 17.7 Å². The lowest BCUT2D eigenvalue weighted by atomic mass is 10.1. The highest BCUT2D eigenvalue weighted by atomic mass is 16.5. The van der Waals surface area contributed by atoms with Gasteiger partial charge in [0.25, 0.3) is 5.78 Å². The van der Waals surface area contributed by atoms with Gasteiger partial charge in [0.05, 0.1) is 0 Å². The minimum Gasteiger partial charge on any atom is -0.482 e. The van der Waals surface area contributed by atoms with Crippen molar-refractivity contribution in [2.45, 2.75) is 0 Å². The molecule has 22 heavy (non-hydrogen) atoms. The molecule has 0 aliphatic heterocycles. The van der Waals surface area contributed by atoms with Crippen molar-refractivity contribution in [3.8, 4) is 5.75 Å². The van der Waals surface area contributed by atoms with Gasteiger partial charge in [-0.1, -0.05) is 48.5 Å². The molecule has 2 rings (SSSR count). The highest BCUT2D eigenvalue weighted by molar-refractivity contribution is 6.39. The number of rotatable bonds is 5. The average Bonchev–Trinajstić information content (AvgIpc) is 2.54. The van der Waals surface area contributed by atoms with Gasteiger partial charge in [0, 0.05) is 5.56 Å². The van der Waals surface area contributed by atoms with Crippen molar-refractivity contribution in [1.29, 1.82) is 0 Å². The highest BCUT2D eigenvalue weighted by Gasteiger charge is 2.12. The van der Waals surface area contributed by atoms with E-state index in [1.807, 2.05) is 6.07 Å². The Kier molecular flexibility index (Phi) is 6.85. The van der Waals surface area contributed by atoms with E-state index < -0.39 is 17.7 Å². The zero-order valence-corrected chi connectivity index (χ0v) is 11.5. The van der Waals surface area contributed by atoms with E-state index in [0.717, 1.165) is 0 Å². The van der Waals surface area contributed by atoms with Gasteiger partial charge in [0.15, 0.2) is 6.61 Å². The molecule has 0 bridgehead atoms. The molecule has 0 heterocycles. The molecule has 6 nitrogen and oxygen atoms in total. The Morgan fingerprint density at radius 2 is 1.32 bits per heavy atom. The molecule has 2 aromatic rings. The van der Waals surface area contributed by atoms with Crippen LogP contribution in [0.25, 0.3) is 0 Å². The van der Waals surface area contributed by atoms with Crippen LogP contribution < -0.4 is 4.74 Å². The Labute approximate surface area is 126 Å². The van der Waals surface area contributed by atoms with Crippen molar-refractivity contribution in [1.82, 2.24) is 0 Å². The minimum absolute atomic E-state index is 0.208. The fraction of sp³-hybridized carbons (Fsp3) is 0.0625. The van der Waals surface area contributed by atoms with E-state index in [9.17, 15) is 14.4 Å². The van der Waals surface area contributed by atoms with Crippen molar-refractivity contribution in [2.75, 3.05) is 6.61 Å². The van der Waals surface area contributed by atoms with Crippen LogP contribution in [0.15, 0.2) is 60.7 Å². The minimum atomic E-state index is -1.42. The second-order valence-electron chi connectivity index (χ2n) is 4.00. The van der Waals surface area contributed by atoms with E-state index in [-0.39, 0.29) is 12.2 Å². The predicted octanol–water partition coefficient (Wildman–Crippen LogP) is 2.10. The molecule has 0 radical (unpaired) electrons.